The van der Waals surface area contributed by atoms with Crippen LogP contribution in [-0.2, 0) is 42.7 Å². The van der Waals surface area contributed by atoms with Crippen molar-refractivity contribution in [2.45, 2.75) is 179 Å². The van der Waals surface area contributed by atoms with Gasteiger partial charge in [-0.15, -0.1) is 0 Å². The Morgan fingerprint density at radius 1 is 0.846 bits per heavy atom. The predicted octanol–water partition coefficient (Wildman–Crippen LogP) is 2.44. The van der Waals surface area contributed by atoms with Crippen LogP contribution in [0.4, 0.5) is 0 Å². The average Bonchev–Trinajstić information content (AvgIpc) is 3.09. The molecule has 0 aromatic rings. The summed E-state index contributed by atoms with van der Waals surface area (Å²) in [4.78, 5) is 30.1. The molecule has 3 rings (SSSR count). The first kappa shape index (κ1) is 45.1. The lowest BCUT2D eigenvalue weighted by molar-refractivity contribution is -0.319. The van der Waals surface area contributed by atoms with Gasteiger partial charge < -0.3 is 58.5 Å². The third-order valence-corrected chi connectivity index (χ3v) is 12.3. The van der Waals surface area contributed by atoms with E-state index < -0.39 is 102 Å². The fourth-order valence-corrected chi connectivity index (χ4v) is 8.58. The van der Waals surface area contributed by atoms with Crippen LogP contribution in [0, 0.1) is 23.7 Å². The fourth-order valence-electron chi connectivity index (χ4n) is 8.58. The molecule has 0 aromatic heterocycles. The maximum Gasteiger partial charge on any atom is 0.311 e. The molecule has 3 aliphatic heterocycles. The van der Waals surface area contributed by atoms with Gasteiger partial charge in [0.2, 0.25) is 0 Å². The van der Waals surface area contributed by atoms with Gasteiger partial charge in [0.25, 0.3) is 0 Å². The minimum Gasteiger partial charge on any atom is -0.459 e. The molecule has 0 saturated carbocycles. The summed E-state index contributed by atoms with van der Waals surface area (Å²) in [5, 5.41) is 45.6. The lowest BCUT2D eigenvalue weighted by Gasteiger charge is -2.50. The molecule has 304 valence electrons. The lowest BCUT2D eigenvalue weighted by atomic mass is 9.74. The zero-order chi connectivity index (χ0) is 39.7. The summed E-state index contributed by atoms with van der Waals surface area (Å²) in [5.41, 5.74) is -4.24. The van der Waals surface area contributed by atoms with Gasteiger partial charge in [-0.1, -0.05) is 27.7 Å². The predicted molar refractivity (Wildman–Crippen MR) is 191 cm³/mol. The van der Waals surface area contributed by atoms with E-state index in [1.54, 1.807) is 48.5 Å². The first-order chi connectivity index (χ1) is 24.0. The third kappa shape index (κ3) is 9.38. The van der Waals surface area contributed by atoms with Crippen LogP contribution in [0.1, 0.15) is 94.9 Å². The molecule has 3 heterocycles. The number of cyclic esters (lactones) is 1. The van der Waals surface area contributed by atoms with Crippen molar-refractivity contribution in [1.82, 2.24) is 4.90 Å². The molecule has 14 nitrogen and oxygen atoms in total. The summed E-state index contributed by atoms with van der Waals surface area (Å²) in [5.74, 6) is -4.47. The molecule has 3 fully saturated rings. The Morgan fingerprint density at radius 3 is 1.98 bits per heavy atom. The standard InChI is InChI=1S/C38H69NO13/c1-15-26-38(10,45)31(42)21(4)28(40)19(2)17-37(9,47-14)33(52-35-29(41)25(39(11)12)16-20(3)48-35)22(5)30(23(6)34(44)50-26)51-27-18-36(8,46-13)32(43)24(7)49-27/h19-27,29-33,35,41-43,45H,15-18H2,1-14H3/t19?,20?,21?,22?,23?,24?,25?,26?,27?,29?,30?,31?,32?,33?,35?,36-,37-,38-/m1/s1. The molecule has 3 saturated heterocycles. The van der Waals surface area contributed by atoms with Crippen molar-refractivity contribution in [2.75, 3.05) is 28.3 Å². The number of aliphatic hydroxyl groups is 4. The number of esters is 1. The number of methoxy groups -OCH3 is 2. The highest BCUT2D eigenvalue weighted by Gasteiger charge is 2.54. The fraction of sp³-hybridized carbons (Fsp3) is 0.947. The normalized spacial score (nSPS) is 49.0. The second-order valence-corrected chi connectivity index (χ2v) is 16.6. The van der Waals surface area contributed by atoms with Gasteiger partial charge in [0, 0.05) is 44.4 Å². The van der Waals surface area contributed by atoms with Crippen molar-refractivity contribution in [3.63, 3.8) is 0 Å². The molecule has 0 aliphatic carbocycles. The number of rotatable bonds is 8. The Morgan fingerprint density at radius 2 is 1.44 bits per heavy atom. The smallest absolute Gasteiger partial charge is 0.311 e. The molecule has 0 spiro atoms. The Kier molecular flexibility index (Phi) is 15.3. The Balaban J connectivity index is 2.22. The number of hydrogen-bond acceptors (Lipinski definition) is 14. The first-order valence-electron chi connectivity index (χ1n) is 18.9. The number of ketones is 1. The first-order valence-corrected chi connectivity index (χ1v) is 18.9. The van der Waals surface area contributed by atoms with Crippen LogP contribution in [0.25, 0.3) is 0 Å². The number of ether oxygens (including phenoxy) is 7. The van der Waals surface area contributed by atoms with Crippen molar-refractivity contribution in [3.8, 4) is 0 Å². The summed E-state index contributed by atoms with van der Waals surface area (Å²) in [6.07, 6.45) is -8.73. The lowest BCUT2D eigenvalue weighted by Crippen LogP contribution is -2.61. The quantitative estimate of drug-likeness (QED) is 0.266. The van der Waals surface area contributed by atoms with E-state index in [4.69, 9.17) is 33.2 Å². The van der Waals surface area contributed by atoms with E-state index in [1.165, 1.54) is 21.1 Å². The van der Waals surface area contributed by atoms with Crippen LogP contribution < -0.4 is 0 Å². The maximum absolute atomic E-state index is 14.2. The zero-order valence-electron chi connectivity index (χ0n) is 33.9. The monoisotopic (exact) mass is 747 g/mol. The summed E-state index contributed by atoms with van der Waals surface area (Å²) >= 11 is 0. The molecule has 4 N–H and O–H groups in total. The van der Waals surface area contributed by atoms with Crippen molar-refractivity contribution in [2.24, 2.45) is 23.7 Å². The molecule has 0 bridgehead atoms. The number of aliphatic hydroxyl groups excluding tert-OH is 3. The van der Waals surface area contributed by atoms with Crippen LogP contribution >= 0.6 is 0 Å². The van der Waals surface area contributed by atoms with E-state index in [2.05, 4.69) is 0 Å². The van der Waals surface area contributed by atoms with E-state index in [1.807, 2.05) is 32.8 Å². The summed E-state index contributed by atoms with van der Waals surface area (Å²) < 4.78 is 43.9. The molecule has 14 heteroatoms. The van der Waals surface area contributed by atoms with Crippen molar-refractivity contribution >= 4 is 11.8 Å². The van der Waals surface area contributed by atoms with Crippen LogP contribution in [0.3, 0.4) is 0 Å². The van der Waals surface area contributed by atoms with Crippen molar-refractivity contribution in [3.05, 3.63) is 0 Å². The Bertz CT molecular complexity index is 1190. The van der Waals surface area contributed by atoms with Gasteiger partial charge in [-0.2, -0.15) is 0 Å². The van der Waals surface area contributed by atoms with E-state index >= 15 is 0 Å². The molecule has 52 heavy (non-hydrogen) atoms. The summed E-state index contributed by atoms with van der Waals surface area (Å²) in [7, 11) is 6.77. The number of carbonyl (C=O) groups excluding carboxylic acids is 2. The highest BCUT2D eigenvalue weighted by atomic mass is 16.7. The van der Waals surface area contributed by atoms with Gasteiger partial charge in [0.15, 0.2) is 12.6 Å². The van der Waals surface area contributed by atoms with Crippen LogP contribution in [0.5, 0.6) is 0 Å². The molecule has 0 radical (unpaired) electrons. The van der Waals surface area contributed by atoms with Gasteiger partial charge in [-0.05, 0) is 74.9 Å². The van der Waals surface area contributed by atoms with Gasteiger partial charge in [-0.3, -0.25) is 9.59 Å². The van der Waals surface area contributed by atoms with Gasteiger partial charge in [0.05, 0.1) is 47.6 Å². The van der Waals surface area contributed by atoms with E-state index in [0.717, 1.165) is 0 Å². The highest BCUT2D eigenvalue weighted by molar-refractivity contribution is 5.83. The summed E-state index contributed by atoms with van der Waals surface area (Å²) in [6.45, 7) is 17.1. The Labute approximate surface area is 310 Å². The van der Waals surface area contributed by atoms with Crippen molar-refractivity contribution < 1.29 is 63.2 Å². The largest absolute Gasteiger partial charge is 0.459 e. The molecule has 0 amide bonds. The second-order valence-electron chi connectivity index (χ2n) is 16.6. The van der Waals surface area contributed by atoms with Crippen LogP contribution in [0.2, 0.25) is 0 Å². The number of hydrogen-bond donors (Lipinski definition) is 4. The topological polar surface area (TPSA) is 183 Å². The van der Waals surface area contributed by atoms with Crippen LogP contribution in [0.15, 0.2) is 0 Å². The van der Waals surface area contributed by atoms with E-state index in [0.29, 0.717) is 6.42 Å². The number of likely N-dealkylation sites (N-methyl/N-ethyl adjacent to an activating group) is 1. The molecule has 3 aliphatic rings. The van der Waals surface area contributed by atoms with Crippen LogP contribution in [-0.4, -0.2) is 150 Å². The molecule has 18 atom stereocenters. The van der Waals surface area contributed by atoms with Gasteiger partial charge in [-0.25, -0.2) is 0 Å². The molecule has 0 aromatic carbocycles. The molecular formula is C38H69NO13. The van der Waals surface area contributed by atoms with Gasteiger partial charge in [0.1, 0.15) is 29.7 Å². The maximum atomic E-state index is 14.2. The SMILES string of the molecule is CCC1OC(=O)C(C)C(OC2C[C@@](C)(OC)C(O)C(C)O2)C(C)C(OC2OC(C)CC(N(C)C)C2O)[C@](C)(OC)CC(C)C(=O)C(C)C(O)[C@]1(C)O. The minimum absolute atomic E-state index is 0.111. The number of nitrogens with zero attached hydrogens (tertiary/aromatic N) is 1. The third-order valence-electron chi connectivity index (χ3n) is 12.3. The highest BCUT2D eigenvalue weighted by Crippen LogP contribution is 2.41. The van der Waals surface area contributed by atoms with Crippen molar-refractivity contribution in [1.29, 1.82) is 0 Å². The average molecular weight is 748 g/mol. The second kappa shape index (κ2) is 17.7. The zero-order valence-corrected chi connectivity index (χ0v) is 33.9. The van der Waals surface area contributed by atoms with E-state index in [9.17, 15) is 30.0 Å². The number of Topliss-reactive ketones (excluding diaryl/α,β-unsaturated/α-hetero) is 1. The van der Waals surface area contributed by atoms with E-state index in [-0.39, 0.29) is 37.2 Å². The number of carbonyl (C=O) groups is 2. The molecular weight excluding hydrogens is 678 g/mol. The minimum atomic E-state index is -1.96. The van der Waals surface area contributed by atoms with Gasteiger partial charge >= 0.3 is 5.97 Å². The molecule has 15 unspecified atom stereocenters. The Hall–Kier alpha value is -1.30. The summed E-state index contributed by atoms with van der Waals surface area (Å²) in [6, 6.07) is -0.283.